The molecule has 0 atom stereocenters. The monoisotopic (exact) mass is 417 g/mol. The van der Waals surface area contributed by atoms with E-state index in [2.05, 4.69) is 40.5 Å². The zero-order chi connectivity index (χ0) is 19.7. The quantitative estimate of drug-likeness (QED) is 0.635. The average Bonchev–Trinajstić information content (AvgIpc) is 3.33. The van der Waals surface area contributed by atoms with Crippen LogP contribution < -0.4 is 4.90 Å². The highest BCUT2D eigenvalue weighted by Gasteiger charge is 2.26. The van der Waals surface area contributed by atoms with Crippen molar-refractivity contribution in [2.24, 2.45) is 0 Å². The van der Waals surface area contributed by atoms with E-state index >= 15 is 0 Å². The lowest BCUT2D eigenvalue weighted by atomic mass is 10.1. The summed E-state index contributed by atoms with van der Waals surface area (Å²) < 4.78 is 10.5. The van der Waals surface area contributed by atoms with Gasteiger partial charge in [0.2, 0.25) is 0 Å². The Kier molecular flexibility index (Phi) is 5.68. The highest BCUT2D eigenvalue weighted by Crippen LogP contribution is 2.34. The lowest BCUT2D eigenvalue weighted by Crippen LogP contribution is -2.43. The van der Waals surface area contributed by atoms with Crippen LogP contribution >= 0.6 is 22.9 Å². The lowest BCUT2D eigenvalue weighted by Gasteiger charge is -2.29. The molecule has 1 saturated heterocycles. The Hall–Kier alpha value is -1.94. The summed E-state index contributed by atoms with van der Waals surface area (Å²) in [4.78, 5) is 22.9. The summed E-state index contributed by atoms with van der Waals surface area (Å²) in [5.74, 6) is -0.0740. The molecule has 4 rings (SSSR count). The Morgan fingerprint density at radius 1 is 1.21 bits per heavy atom. The van der Waals surface area contributed by atoms with E-state index in [0.717, 1.165) is 65.3 Å². The Balaban J connectivity index is 1.67. The number of aryl methyl sites for hydroxylation is 3. The largest absolute Gasteiger partial charge is 0.379 e. The van der Waals surface area contributed by atoms with Crippen molar-refractivity contribution in [3.05, 3.63) is 33.8 Å². The fourth-order valence-corrected chi connectivity index (χ4v) is 5.01. The molecule has 148 valence electrons. The molecule has 1 aliphatic heterocycles. The summed E-state index contributed by atoms with van der Waals surface area (Å²) in [6.07, 6.45) is 0. The van der Waals surface area contributed by atoms with E-state index in [-0.39, 0.29) is 5.91 Å². The number of aromatic nitrogens is 3. The molecule has 28 heavy (non-hydrogen) atoms. The van der Waals surface area contributed by atoms with Gasteiger partial charge in [0.05, 0.1) is 29.1 Å². The second kappa shape index (κ2) is 8.20. The average molecular weight is 418 g/mol. The van der Waals surface area contributed by atoms with E-state index in [1.54, 1.807) is 16.2 Å². The van der Waals surface area contributed by atoms with Crippen molar-refractivity contribution >= 4 is 44.1 Å². The molecule has 3 heterocycles. The molecule has 0 bridgehead atoms. The minimum Gasteiger partial charge on any atom is -0.379 e. The molecule has 9 heteroatoms. The van der Waals surface area contributed by atoms with Crippen molar-refractivity contribution in [1.82, 2.24) is 19.5 Å². The molecule has 1 aliphatic rings. The van der Waals surface area contributed by atoms with E-state index in [1.165, 1.54) is 5.56 Å². The summed E-state index contributed by atoms with van der Waals surface area (Å²) in [6, 6.07) is 4.19. The van der Waals surface area contributed by atoms with Crippen molar-refractivity contribution < 1.29 is 9.53 Å². The molecule has 0 spiro atoms. The minimum atomic E-state index is -0.0740. The number of hydrogen-bond donors (Lipinski definition) is 0. The number of carbonyl (C=O) groups excluding carboxylic acids is 1. The number of thiazole rings is 1. The molecule has 0 N–H and O–H groups in total. The van der Waals surface area contributed by atoms with Gasteiger partial charge in [0.1, 0.15) is 4.88 Å². The van der Waals surface area contributed by atoms with E-state index in [1.807, 2.05) is 6.92 Å². The topological polar surface area (TPSA) is 71.5 Å². The van der Waals surface area contributed by atoms with E-state index in [4.69, 9.17) is 9.72 Å². The first-order valence-electron chi connectivity index (χ1n) is 9.32. The molecule has 1 amide bonds. The minimum absolute atomic E-state index is 0.0740. The predicted molar refractivity (Wildman–Crippen MR) is 113 cm³/mol. The third-order valence-corrected chi connectivity index (χ3v) is 7.03. The van der Waals surface area contributed by atoms with Crippen LogP contribution in [0.15, 0.2) is 12.1 Å². The summed E-state index contributed by atoms with van der Waals surface area (Å²) in [6.45, 7) is 10.6. The highest BCUT2D eigenvalue weighted by atomic mass is 32.1. The number of benzene rings is 1. The standard InChI is InChI=1S/C19H23N5O2S2/c1-12-4-5-13(2)16-15(12)20-19(27-16)24(7-6-23-8-10-26-11-9-23)18(25)17-14(3)21-22-28-17/h4-5H,6-11H2,1-3H3. The van der Waals surface area contributed by atoms with Gasteiger partial charge in [-0.3, -0.25) is 14.6 Å². The first-order chi connectivity index (χ1) is 13.5. The van der Waals surface area contributed by atoms with Gasteiger partial charge in [-0.2, -0.15) is 0 Å². The van der Waals surface area contributed by atoms with Gasteiger partial charge < -0.3 is 4.74 Å². The van der Waals surface area contributed by atoms with Crippen LogP contribution in [0.4, 0.5) is 5.13 Å². The number of nitrogens with zero attached hydrogens (tertiary/aromatic N) is 5. The van der Waals surface area contributed by atoms with Gasteiger partial charge in [-0.25, -0.2) is 4.98 Å². The van der Waals surface area contributed by atoms with Crippen molar-refractivity contribution in [2.45, 2.75) is 20.8 Å². The molecule has 7 nitrogen and oxygen atoms in total. The summed E-state index contributed by atoms with van der Waals surface area (Å²) >= 11 is 2.73. The van der Waals surface area contributed by atoms with Crippen LogP contribution in [0, 0.1) is 20.8 Å². The summed E-state index contributed by atoms with van der Waals surface area (Å²) in [7, 11) is 0. The van der Waals surface area contributed by atoms with Gasteiger partial charge in [-0.15, -0.1) is 5.10 Å². The van der Waals surface area contributed by atoms with Crippen LogP contribution in [0.5, 0.6) is 0 Å². The third-order valence-electron chi connectivity index (χ3n) is 5.00. The predicted octanol–water partition coefficient (Wildman–Crippen LogP) is 3.05. The molecule has 3 aromatic rings. The third kappa shape index (κ3) is 3.80. The number of fused-ring (bicyclic) bond motifs is 1. The van der Waals surface area contributed by atoms with E-state index < -0.39 is 0 Å². The fraction of sp³-hybridized carbons (Fsp3) is 0.474. The number of morpholine rings is 1. The molecule has 0 unspecified atom stereocenters. The van der Waals surface area contributed by atoms with Gasteiger partial charge >= 0.3 is 0 Å². The number of ether oxygens (including phenoxy) is 1. The zero-order valence-electron chi connectivity index (χ0n) is 16.3. The van der Waals surface area contributed by atoms with Crippen LogP contribution in [0.1, 0.15) is 26.5 Å². The van der Waals surface area contributed by atoms with Crippen LogP contribution in [-0.4, -0.2) is 64.8 Å². The van der Waals surface area contributed by atoms with Crippen LogP contribution in [0.25, 0.3) is 10.2 Å². The van der Waals surface area contributed by atoms with Crippen LogP contribution in [0.2, 0.25) is 0 Å². The number of anilines is 1. The lowest BCUT2D eigenvalue weighted by molar-refractivity contribution is 0.0391. The Labute approximate surface area is 172 Å². The van der Waals surface area contributed by atoms with E-state index in [0.29, 0.717) is 17.1 Å². The maximum absolute atomic E-state index is 13.3. The van der Waals surface area contributed by atoms with Gasteiger partial charge in [0.15, 0.2) is 5.13 Å². The van der Waals surface area contributed by atoms with Crippen LogP contribution in [0.3, 0.4) is 0 Å². The highest BCUT2D eigenvalue weighted by molar-refractivity contribution is 7.22. The molecule has 2 aromatic heterocycles. The maximum atomic E-state index is 13.3. The van der Waals surface area contributed by atoms with Gasteiger partial charge in [-0.1, -0.05) is 28.0 Å². The van der Waals surface area contributed by atoms with Crippen molar-refractivity contribution in [1.29, 1.82) is 0 Å². The normalized spacial score (nSPS) is 15.2. The van der Waals surface area contributed by atoms with E-state index in [9.17, 15) is 4.79 Å². The molecule has 1 fully saturated rings. The van der Waals surface area contributed by atoms with Crippen molar-refractivity contribution in [3.8, 4) is 0 Å². The number of carbonyl (C=O) groups is 1. The molecular formula is C19H23N5O2S2. The smallest absolute Gasteiger partial charge is 0.273 e. The Morgan fingerprint density at radius 2 is 1.96 bits per heavy atom. The molecule has 1 aromatic carbocycles. The zero-order valence-corrected chi connectivity index (χ0v) is 17.9. The summed E-state index contributed by atoms with van der Waals surface area (Å²) in [5, 5.41) is 4.75. The second-order valence-electron chi connectivity index (χ2n) is 6.97. The first-order valence-corrected chi connectivity index (χ1v) is 10.9. The van der Waals surface area contributed by atoms with Crippen molar-refractivity contribution in [2.75, 3.05) is 44.3 Å². The molecule has 0 aliphatic carbocycles. The molecular weight excluding hydrogens is 394 g/mol. The Morgan fingerprint density at radius 3 is 2.64 bits per heavy atom. The second-order valence-corrected chi connectivity index (χ2v) is 8.70. The molecule has 0 radical (unpaired) electrons. The molecule has 0 saturated carbocycles. The maximum Gasteiger partial charge on any atom is 0.273 e. The summed E-state index contributed by atoms with van der Waals surface area (Å²) in [5.41, 5.74) is 3.95. The van der Waals surface area contributed by atoms with Crippen LogP contribution in [-0.2, 0) is 4.74 Å². The number of rotatable bonds is 5. The van der Waals surface area contributed by atoms with Gasteiger partial charge in [0, 0.05) is 26.2 Å². The number of amides is 1. The van der Waals surface area contributed by atoms with Gasteiger partial charge in [0.25, 0.3) is 5.91 Å². The van der Waals surface area contributed by atoms with Gasteiger partial charge in [-0.05, 0) is 43.4 Å². The van der Waals surface area contributed by atoms with Crippen molar-refractivity contribution in [3.63, 3.8) is 0 Å². The Bertz CT molecular complexity index is 955. The first kappa shape index (κ1) is 19.4. The number of hydrogen-bond acceptors (Lipinski definition) is 8. The fourth-order valence-electron chi connectivity index (χ4n) is 3.26. The SMILES string of the molecule is Cc1nnsc1C(=O)N(CCN1CCOCC1)c1nc2c(C)ccc(C)c2s1.